The molecule has 0 unspecified atom stereocenters. The summed E-state index contributed by atoms with van der Waals surface area (Å²) in [7, 11) is 8.31. The van der Waals surface area contributed by atoms with Gasteiger partial charge in [-0.15, -0.1) is 23.8 Å². The Morgan fingerprint density at radius 2 is 1.30 bits per heavy atom. The summed E-state index contributed by atoms with van der Waals surface area (Å²) < 4.78 is 12.9. The van der Waals surface area contributed by atoms with Gasteiger partial charge in [0.15, 0.2) is 5.58 Å². The molecular formula is C58H48IrN4O-2. The van der Waals surface area contributed by atoms with Crippen LogP contribution in [0.1, 0.15) is 68.0 Å². The van der Waals surface area contributed by atoms with Gasteiger partial charge in [0.1, 0.15) is 11.8 Å². The third-order valence-corrected chi connectivity index (χ3v) is 13.0. The van der Waals surface area contributed by atoms with Crippen LogP contribution in [0.15, 0.2) is 156 Å². The van der Waals surface area contributed by atoms with Gasteiger partial charge in [0.25, 0.3) is 0 Å². The molecule has 0 saturated carbocycles. The van der Waals surface area contributed by atoms with Gasteiger partial charge in [-0.1, -0.05) is 119 Å². The second-order valence-electron chi connectivity index (χ2n) is 18.2. The largest absolute Gasteiger partial charge is 0.467 e. The summed E-state index contributed by atoms with van der Waals surface area (Å²) in [5.41, 5.74) is 17.1. The number of pyridine rings is 2. The van der Waals surface area contributed by atoms with Crippen LogP contribution >= 0.6 is 0 Å². The van der Waals surface area contributed by atoms with Gasteiger partial charge < -0.3 is 18.1 Å². The zero-order chi connectivity index (χ0) is 43.9. The van der Waals surface area contributed by atoms with Crippen molar-refractivity contribution in [1.82, 2.24) is 4.57 Å². The van der Waals surface area contributed by atoms with Crippen LogP contribution in [0.5, 0.6) is 0 Å². The molecule has 0 N–H and O–H groups in total. The molecule has 0 spiro atoms. The maximum absolute atomic E-state index is 10.5. The molecule has 6 heteroatoms. The Balaban J connectivity index is 0.000000231. The van der Waals surface area contributed by atoms with Gasteiger partial charge >= 0.3 is 0 Å². The summed E-state index contributed by atoms with van der Waals surface area (Å²) in [5.74, 6) is 0. The molecule has 4 heterocycles. The number of hydrogen-bond acceptors (Lipinski definition) is 2. The Morgan fingerprint density at radius 3 is 2.03 bits per heavy atom. The minimum Gasteiger partial charge on any atom is -0.467 e. The van der Waals surface area contributed by atoms with Crippen molar-refractivity contribution in [3.8, 4) is 45.4 Å². The molecule has 1 aliphatic rings. The van der Waals surface area contributed by atoms with Crippen molar-refractivity contribution in [1.29, 1.82) is 5.26 Å². The number of rotatable bonds is 3. The van der Waals surface area contributed by atoms with Gasteiger partial charge in [0.05, 0.1) is 46.0 Å². The Bertz CT molecular complexity index is 3540. The van der Waals surface area contributed by atoms with Crippen LogP contribution in [0.4, 0.5) is 0 Å². The Morgan fingerprint density at radius 1 is 0.609 bits per heavy atom. The van der Waals surface area contributed by atoms with E-state index in [0.717, 1.165) is 77.5 Å². The molecule has 0 aliphatic heterocycles. The van der Waals surface area contributed by atoms with Crippen LogP contribution in [0, 0.1) is 39.3 Å². The molecule has 0 atom stereocenters. The van der Waals surface area contributed by atoms with E-state index >= 15 is 0 Å². The van der Waals surface area contributed by atoms with Crippen LogP contribution in [-0.2, 0) is 30.9 Å². The van der Waals surface area contributed by atoms with E-state index in [0.29, 0.717) is 11.1 Å². The maximum Gasteiger partial charge on any atom is 0.159 e. The molecule has 0 saturated heterocycles. The number of benzene rings is 6. The van der Waals surface area contributed by atoms with E-state index in [-0.39, 0.29) is 30.9 Å². The molecule has 10 aromatic rings. The van der Waals surface area contributed by atoms with Crippen LogP contribution in [0.2, 0.25) is 0 Å². The van der Waals surface area contributed by atoms with Crippen molar-refractivity contribution in [3.05, 3.63) is 213 Å². The monoisotopic (exact) mass is 1010 g/mol. The first-order valence-corrected chi connectivity index (χ1v) is 21.3. The number of para-hydroxylation sites is 1. The third-order valence-electron chi connectivity index (χ3n) is 13.0. The van der Waals surface area contributed by atoms with E-state index in [1.165, 1.54) is 27.8 Å². The molecule has 64 heavy (non-hydrogen) atoms. The summed E-state index contributed by atoms with van der Waals surface area (Å²) in [6.07, 6.45) is 4.02. The van der Waals surface area contributed by atoms with E-state index < -0.39 is 0 Å². The molecule has 5 nitrogen and oxygen atoms in total. The summed E-state index contributed by atoms with van der Waals surface area (Å²) in [6.45, 7) is 19.6. The minimum atomic E-state index is -0.163. The van der Waals surface area contributed by atoms with Crippen molar-refractivity contribution < 1.29 is 33.7 Å². The van der Waals surface area contributed by atoms with Crippen molar-refractivity contribution in [3.63, 3.8) is 0 Å². The molecule has 1 aliphatic carbocycles. The molecule has 0 fully saturated rings. The van der Waals surface area contributed by atoms with Crippen molar-refractivity contribution >= 4 is 43.7 Å². The molecule has 0 amide bonds. The van der Waals surface area contributed by atoms with Gasteiger partial charge in [0, 0.05) is 61.2 Å². The topological polar surface area (TPSA) is 49.6 Å². The fourth-order valence-electron chi connectivity index (χ4n) is 9.63. The van der Waals surface area contributed by atoms with Gasteiger partial charge in [-0.25, -0.2) is 0 Å². The molecule has 317 valence electrons. The standard InChI is InChI=1S/C41H28N3O.C17H20N.Ir/c1-24-16-18-28-29-19-17-25(23-42)38(40(29)45-39(28)37(24)35-15-9-10-20-43(35)4)44-34-14-8-6-12-27(34)31-21-30-26-11-5-7-13-32(26)41(2,3)33(30)22-36(31)44;1-13-8-6-7-9-15(13)16-11-10-14(12-18(16)5)17(2,3)4;/h5-22H,1,4H2,2-3H3;6-12H,1,5H2,2-4H3;/q2*-1;. The number of furan rings is 1. The normalized spacial score (nSPS) is 12.7. The number of nitriles is 1. The second-order valence-corrected chi connectivity index (χ2v) is 18.2. The molecule has 4 aromatic heterocycles. The first kappa shape index (κ1) is 42.2. The number of aromatic nitrogens is 3. The number of fused-ring (bicyclic) bond motifs is 9. The van der Waals surface area contributed by atoms with E-state index in [4.69, 9.17) is 4.42 Å². The summed E-state index contributed by atoms with van der Waals surface area (Å²) in [4.78, 5) is 0. The zero-order valence-electron chi connectivity index (χ0n) is 36.8. The smallest absolute Gasteiger partial charge is 0.159 e. The van der Waals surface area contributed by atoms with Crippen LogP contribution in [0.25, 0.3) is 83.1 Å². The second kappa shape index (κ2) is 15.6. The molecule has 0 bridgehead atoms. The number of hydrogen-bond donors (Lipinski definition) is 0. The minimum absolute atomic E-state index is 0. The molecule has 11 rings (SSSR count). The van der Waals surface area contributed by atoms with Crippen molar-refractivity contribution in [2.45, 2.75) is 45.4 Å². The predicted octanol–water partition coefficient (Wildman–Crippen LogP) is 13.4. The van der Waals surface area contributed by atoms with Crippen LogP contribution in [-0.4, -0.2) is 4.57 Å². The Labute approximate surface area is 389 Å². The SMILES string of the molecule is [CH2-]c1ccc2c(oc3c(-n4c5ccccc5c5cc6c(cc54)C(C)(C)c4ccccc4-6)c(C#N)ccc32)c1-c1cccc[n+]1[CH2-].[CH2-]c1ccccc1-c1ccc(C(C)(C)C)c[n+]1[CH2-].[Ir]. The van der Waals surface area contributed by atoms with Crippen LogP contribution < -0.4 is 9.13 Å². The van der Waals surface area contributed by atoms with Crippen molar-refractivity contribution in [2.24, 2.45) is 0 Å². The Kier molecular flexibility index (Phi) is 10.3. The predicted molar refractivity (Wildman–Crippen MR) is 257 cm³/mol. The first-order chi connectivity index (χ1) is 30.3. The summed E-state index contributed by atoms with van der Waals surface area (Å²) in [6, 6.07) is 50.8. The van der Waals surface area contributed by atoms with E-state index in [1.54, 1.807) is 0 Å². The average molecular weight is 1010 g/mol. The van der Waals surface area contributed by atoms with Gasteiger partial charge in [-0.2, -0.15) is 42.4 Å². The van der Waals surface area contributed by atoms with Crippen molar-refractivity contribution in [2.75, 3.05) is 0 Å². The molecular weight excluding hydrogens is 961 g/mol. The Hall–Kier alpha value is -7.16. The van der Waals surface area contributed by atoms with Crippen LogP contribution in [0.3, 0.4) is 0 Å². The number of nitrogens with zero attached hydrogens (tertiary/aromatic N) is 4. The first-order valence-electron chi connectivity index (χ1n) is 21.3. The van der Waals surface area contributed by atoms with Gasteiger partial charge in [0.2, 0.25) is 0 Å². The van der Waals surface area contributed by atoms with E-state index in [2.05, 4.69) is 164 Å². The average Bonchev–Trinajstić information content (AvgIpc) is 3.88. The van der Waals surface area contributed by atoms with Gasteiger partial charge in [-0.3, -0.25) is 0 Å². The fourth-order valence-corrected chi connectivity index (χ4v) is 9.63. The quantitative estimate of drug-likeness (QED) is 0.131. The zero-order valence-corrected chi connectivity index (χ0v) is 39.2. The molecule has 1 radical (unpaired) electrons. The van der Waals surface area contributed by atoms with Gasteiger partial charge in [-0.05, 0) is 63.6 Å². The summed E-state index contributed by atoms with van der Waals surface area (Å²) in [5, 5.41) is 14.7. The molecule has 6 aromatic carbocycles. The van der Waals surface area contributed by atoms with E-state index in [9.17, 15) is 5.26 Å². The van der Waals surface area contributed by atoms with E-state index in [1.807, 2.05) is 69.9 Å². The maximum atomic E-state index is 10.5. The summed E-state index contributed by atoms with van der Waals surface area (Å²) >= 11 is 0. The fraction of sp³-hybridized carbons (Fsp3) is 0.121. The third kappa shape index (κ3) is 6.55.